The molecule has 0 fully saturated rings. The maximum Gasteiger partial charge on any atom is 0.145 e. The number of hydrogen-bond acceptors (Lipinski definition) is 6. The Labute approximate surface area is 113 Å². The number of hydrogen-bond donors (Lipinski definition) is 3. The minimum absolute atomic E-state index is 0.166. The summed E-state index contributed by atoms with van der Waals surface area (Å²) in [4.78, 5) is 8.81. The highest BCUT2D eigenvalue weighted by Crippen LogP contribution is 2.22. The van der Waals surface area contributed by atoms with Gasteiger partial charge in [-0.15, -0.1) is 0 Å². The van der Waals surface area contributed by atoms with Gasteiger partial charge in [0.15, 0.2) is 0 Å². The molecule has 0 amide bonds. The second-order valence-electron chi connectivity index (χ2n) is 5.11. The topological polar surface area (TPSA) is 75.9 Å². The van der Waals surface area contributed by atoms with Crippen LogP contribution >= 0.6 is 11.8 Å². The molecule has 0 saturated carbocycles. The predicted octanol–water partition coefficient (Wildman–Crippen LogP) is 2.44. The summed E-state index contributed by atoms with van der Waals surface area (Å²) in [6, 6.07) is 1.82. The molecular formula is C12H23N5S. The maximum atomic E-state index is 5.42. The Morgan fingerprint density at radius 2 is 1.94 bits per heavy atom. The van der Waals surface area contributed by atoms with Crippen LogP contribution in [0.2, 0.25) is 0 Å². The first kappa shape index (κ1) is 15.0. The highest BCUT2D eigenvalue weighted by Gasteiger charge is 2.16. The zero-order valence-corrected chi connectivity index (χ0v) is 12.6. The molecule has 1 heterocycles. The number of anilines is 2. The Hall–Kier alpha value is -1.01. The van der Waals surface area contributed by atoms with Gasteiger partial charge in [-0.1, -0.05) is 13.8 Å². The number of nitrogen functional groups attached to an aromatic ring is 1. The first-order chi connectivity index (χ1) is 8.38. The normalized spacial score (nSPS) is 11.7. The van der Waals surface area contributed by atoms with E-state index in [1.807, 2.05) is 17.8 Å². The molecule has 0 aromatic carbocycles. The van der Waals surface area contributed by atoms with Crippen LogP contribution in [0.15, 0.2) is 6.07 Å². The standard InChI is InChI=1S/C12H23N5S/c1-8(2)11-15-9(6-10(16-11)17-13)14-7-12(3,4)18-5/h6,8H,7,13H2,1-5H3,(H2,14,15,16,17). The molecule has 0 unspecified atom stereocenters. The van der Waals surface area contributed by atoms with Crippen molar-refractivity contribution < 1.29 is 0 Å². The van der Waals surface area contributed by atoms with E-state index in [4.69, 9.17) is 5.84 Å². The molecule has 5 nitrogen and oxygen atoms in total. The molecule has 1 aromatic heterocycles. The molecule has 0 aliphatic carbocycles. The van der Waals surface area contributed by atoms with Crippen molar-refractivity contribution in [2.45, 2.75) is 38.4 Å². The Morgan fingerprint density at radius 1 is 1.33 bits per heavy atom. The number of aromatic nitrogens is 2. The summed E-state index contributed by atoms with van der Waals surface area (Å²) in [6.45, 7) is 9.35. The quantitative estimate of drug-likeness (QED) is 0.544. The predicted molar refractivity (Wildman–Crippen MR) is 80.0 cm³/mol. The van der Waals surface area contributed by atoms with E-state index in [1.165, 1.54) is 0 Å². The van der Waals surface area contributed by atoms with Crippen LogP contribution in [0.4, 0.5) is 11.6 Å². The summed E-state index contributed by atoms with van der Waals surface area (Å²) < 4.78 is 0.166. The lowest BCUT2D eigenvalue weighted by atomic mass is 10.2. The van der Waals surface area contributed by atoms with E-state index >= 15 is 0 Å². The minimum Gasteiger partial charge on any atom is -0.369 e. The van der Waals surface area contributed by atoms with E-state index in [9.17, 15) is 0 Å². The van der Waals surface area contributed by atoms with Gasteiger partial charge < -0.3 is 10.7 Å². The number of thioether (sulfide) groups is 1. The first-order valence-corrected chi connectivity index (χ1v) is 7.25. The lowest BCUT2D eigenvalue weighted by molar-refractivity contribution is 0.741. The number of nitrogens with zero attached hydrogens (tertiary/aromatic N) is 2. The van der Waals surface area contributed by atoms with Crippen molar-refractivity contribution >= 4 is 23.4 Å². The minimum atomic E-state index is 0.166. The van der Waals surface area contributed by atoms with Gasteiger partial charge >= 0.3 is 0 Å². The highest BCUT2D eigenvalue weighted by molar-refractivity contribution is 7.99. The van der Waals surface area contributed by atoms with Gasteiger partial charge in [-0.2, -0.15) is 11.8 Å². The van der Waals surface area contributed by atoms with Crippen LogP contribution in [-0.2, 0) is 0 Å². The first-order valence-electron chi connectivity index (χ1n) is 6.02. The molecule has 6 heteroatoms. The van der Waals surface area contributed by atoms with Gasteiger partial charge in [0.05, 0.1) is 0 Å². The molecule has 0 saturated heterocycles. The third-order valence-electron chi connectivity index (χ3n) is 2.66. The van der Waals surface area contributed by atoms with E-state index in [0.717, 1.165) is 18.2 Å². The van der Waals surface area contributed by atoms with E-state index in [0.29, 0.717) is 5.82 Å². The number of nitrogens with two attached hydrogens (primary N) is 1. The maximum absolute atomic E-state index is 5.42. The fourth-order valence-electron chi connectivity index (χ4n) is 1.26. The average molecular weight is 269 g/mol. The molecule has 0 spiro atoms. The van der Waals surface area contributed by atoms with Crippen LogP contribution in [0, 0.1) is 0 Å². The van der Waals surface area contributed by atoms with Crippen LogP contribution in [0.25, 0.3) is 0 Å². The molecular weight excluding hydrogens is 246 g/mol. The SMILES string of the molecule is CSC(C)(C)CNc1cc(NN)nc(C(C)C)n1. The number of hydrazine groups is 1. The molecule has 18 heavy (non-hydrogen) atoms. The third-order valence-corrected chi connectivity index (χ3v) is 3.91. The summed E-state index contributed by atoms with van der Waals surface area (Å²) in [7, 11) is 0. The summed E-state index contributed by atoms with van der Waals surface area (Å²) >= 11 is 1.82. The Bertz CT molecular complexity index is 392. The van der Waals surface area contributed by atoms with Gasteiger partial charge in [-0.25, -0.2) is 15.8 Å². The van der Waals surface area contributed by atoms with Crippen molar-refractivity contribution in [1.29, 1.82) is 0 Å². The molecule has 0 aliphatic heterocycles. The van der Waals surface area contributed by atoms with Crippen LogP contribution in [-0.4, -0.2) is 27.5 Å². The van der Waals surface area contributed by atoms with Crippen LogP contribution < -0.4 is 16.6 Å². The van der Waals surface area contributed by atoms with Crippen LogP contribution in [0.5, 0.6) is 0 Å². The monoisotopic (exact) mass is 269 g/mol. The van der Waals surface area contributed by atoms with Crippen molar-refractivity contribution in [3.63, 3.8) is 0 Å². The van der Waals surface area contributed by atoms with Gasteiger partial charge in [0.2, 0.25) is 0 Å². The molecule has 0 atom stereocenters. The van der Waals surface area contributed by atoms with Crippen LogP contribution in [0.1, 0.15) is 39.4 Å². The van der Waals surface area contributed by atoms with Gasteiger partial charge in [-0.05, 0) is 20.1 Å². The third kappa shape index (κ3) is 4.34. The van der Waals surface area contributed by atoms with E-state index in [-0.39, 0.29) is 10.7 Å². The van der Waals surface area contributed by atoms with Crippen molar-refractivity contribution in [2.75, 3.05) is 23.5 Å². The Morgan fingerprint density at radius 3 is 2.44 bits per heavy atom. The second kappa shape index (κ2) is 6.24. The number of nitrogens with one attached hydrogen (secondary N) is 2. The zero-order valence-electron chi connectivity index (χ0n) is 11.7. The fraction of sp³-hybridized carbons (Fsp3) is 0.667. The average Bonchev–Trinajstić information content (AvgIpc) is 2.36. The van der Waals surface area contributed by atoms with E-state index in [2.05, 4.69) is 54.7 Å². The molecule has 102 valence electrons. The molecule has 1 aromatic rings. The smallest absolute Gasteiger partial charge is 0.145 e. The Balaban J connectivity index is 2.85. The van der Waals surface area contributed by atoms with Crippen molar-refractivity contribution in [2.24, 2.45) is 5.84 Å². The second-order valence-corrected chi connectivity index (χ2v) is 6.63. The molecule has 1 rings (SSSR count). The van der Waals surface area contributed by atoms with Gasteiger partial charge in [0, 0.05) is 23.3 Å². The molecule has 4 N–H and O–H groups in total. The van der Waals surface area contributed by atoms with Gasteiger partial charge in [0.25, 0.3) is 0 Å². The Kier molecular flexibility index (Phi) is 5.22. The van der Waals surface area contributed by atoms with Gasteiger partial charge in [-0.3, -0.25) is 0 Å². The summed E-state index contributed by atoms with van der Waals surface area (Å²) in [5.74, 6) is 7.93. The molecule has 0 bridgehead atoms. The summed E-state index contributed by atoms with van der Waals surface area (Å²) in [5, 5.41) is 3.34. The zero-order chi connectivity index (χ0) is 13.8. The molecule has 0 aliphatic rings. The lowest BCUT2D eigenvalue weighted by Gasteiger charge is -2.23. The van der Waals surface area contributed by atoms with Crippen LogP contribution in [0.3, 0.4) is 0 Å². The van der Waals surface area contributed by atoms with E-state index < -0.39 is 0 Å². The number of rotatable bonds is 6. The summed E-state index contributed by atoms with van der Waals surface area (Å²) in [5.41, 5.74) is 2.58. The van der Waals surface area contributed by atoms with Gasteiger partial charge in [0.1, 0.15) is 17.5 Å². The van der Waals surface area contributed by atoms with E-state index in [1.54, 1.807) is 0 Å². The lowest BCUT2D eigenvalue weighted by Crippen LogP contribution is -2.26. The largest absolute Gasteiger partial charge is 0.369 e. The fourth-order valence-corrected chi connectivity index (χ4v) is 1.48. The summed E-state index contributed by atoms with van der Waals surface area (Å²) in [6.07, 6.45) is 2.11. The van der Waals surface area contributed by atoms with Crippen molar-refractivity contribution in [3.05, 3.63) is 11.9 Å². The molecule has 0 radical (unpaired) electrons. The van der Waals surface area contributed by atoms with Crippen molar-refractivity contribution in [1.82, 2.24) is 9.97 Å². The highest BCUT2D eigenvalue weighted by atomic mass is 32.2. The van der Waals surface area contributed by atoms with Crippen molar-refractivity contribution in [3.8, 4) is 0 Å².